The molecule has 0 aromatic heterocycles. The molecule has 1 N–H and O–H groups in total. The van der Waals surface area contributed by atoms with Gasteiger partial charge in [-0.2, -0.15) is 0 Å². The number of ketones is 1. The third-order valence-electron chi connectivity index (χ3n) is 12.6. The van der Waals surface area contributed by atoms with Crippen molar-refractivity contribution < 1.29 is 38.1 Å². The molecule has 0 bridgehead atoms. The van der Waals surface area contributed by atoms with E-state index in [4.69, 9.17) is 18.9 Å². The number of Topliss-reactive ketones (excluding diaryl/α,β-unsaturated/α-hetero) is 1. The van der Waals surface area contributed by atoms with Gasteiger partial charge in [0.25, 0.3) is 0 Å². The number of esters is 1. The van der Waals surface area contributed by atoms with E-state index in [1.54, 1.807) is 14.2 Å². The van der Waals surface area contributed by atoms with Crippen molar-refractivity contribution in [3.63, 3.8) is 0 Å². The van der Waals surface area contributed by atoms with E-state index in [1.807, 2.05) is 71.6 Å². The molecule has 0 radical (unpaired) electrons. The Hall–Kier alpha value is -6.42. The van der Waals surface area contributed by atoms with Gasteiger partial charge in [0.05, 0.1) is 27.2 Å². The Kier molecular flexibility index (Phi) is 14.9. The highest BCUT2D eigenvalue weighted by Gasteiger charge is 2.42. The predicted molar refractivity (Wildman–Crippen MR) is 243 cm³/mol. The van der Waals surface area contributed by atoms with Gasteiger partial charge in [0, 0.05) is 43.2 Å². The summed E-state index contributed by atoms with van der Waals surface area (Å²) in [5.41, 5.74) is 7.35. The summed E-state index contributed by atoms with van der Waals surface area (Å²) < 4.78 is 22.7. The second-order valence-electron chi connectivity index (χ2n) is 16.6. The Labute approximate surface area is 370 Å². The van der Waals surface area contributed by atoms with Crippen LogP contribution in [0.4, 0.5) is 4.79 Å². The Bertz CT molecular complexity index is 2230. The molecule has 1 saturated heterocycles. The Morgan fingerprint density at radius 2 is 1.24 bits per heavy atom. The number of amides is 2. The molecular weight excluding hydrogens is 793 g/mol. The summed E-state index contributed by atoms with van der Waals surface area (Å²) in [6.07, 6.45) is 3.39. The van der Waals surface area contributed by atoms with Gasteiger partial charge in [-0.05, 0) is 95.8 Å². The molecule has 2 atom stereocenters. The van der Waals surface area contributed by atoms with E-state index >= 15 is 0 Å². The zero-order chi connectivity index (χ0) is 44.2. The first-order valence-electron chi connectivity index (χ1n) is 22.1. The average molecular weight is 851 g/mol. The number of alkyl carbamates (subject to hydrolysis) is 1. The van der Waals surface area contributed by atoms with Crippen molar-refractivity contribution in [2.45, 2.75) is 88.2 Å². The Morgan fingerprint density at radius 1 is 0.667 bits per heavy atom. The van der Waals surface area contributed by atoms with Crippen LogP contribution < -0.4 is 14.8 Å². The third kappa shape index (κ3) is 10.6. The Balaban J connectivity index is 0.997. The number of nitrogens with zero attached hydrogens (tertiary/aromatic N) is 1. The molecule has 1 aliphatic heterocycles. The molecule has 10 heteroatoms. The molecule has 63 heavy (non-hydrogen) atoms. The van der Waals surface area contributed by atoms with Crippen LogP contribution >= 0.6 is 0 Å². The van der Waals surface area contributed by atoms with Crippen LogP contribution in [0.2, 0.25) is 0 Å². The van der Waals surface area contributed by atoms with Crippen LogP contribution in [-0.4, -0.2) is 74.7 Å². The van der Waals surface area contributed by atoms with E-state index in [-0.39, 0.29) is 43.1 Å². The zero-order valence-corrected chi connectivity index (χ0v) is 36.6. The number of methoxy groups -OCH3 is 2. The highest BCUT2D eigenvalue weighted by molar-refractivity contribution is 5.81. The van der Waals surface area contributed by atoms with E-state index in [9.17, 15) is 19.2 Å². The fourth-order valence-electron chi connectivity index (χ4n) is 9.41. The van der Waals surface area contributed by atoms with Crippen molar-refractivity contribution in [2.75, 3.05) is 33.9 Å². The molecule has 1 heterocycles. The molecule has 1 aliphatic carbocycles. The first-order chi connectivity index (χ1) is 30.7. The van der Waals surface area contributed by atoms with Gasteiger partial charge in [-0.15, -0.1) is 0 Å². The molecule has 2 aliphatic rings. The third-order valence-corrected chi connectivity index (χ3v) is 12.6. The number of ether oxygens (including phenoxy) is 4. The molecule has 2 amide bonds. The smallest absolute Gasteiger partial charge is 0.407 e. The Morgan fingerprint density at radius 3 is 1.83 bits per heavy atom. The molecule has 10 nitrogen and oxygen atoms in total. The largest absolute Gasteiger partial charge is 0.497 e. The molecule has 7 rings (SSSR count). The van der Waals surface area contributed by atoms with Gasteiger partial charge in [0.1, 0.15) is 30.0 Å². The lowest BCUT2D eigenvalue weighted by molar-refractivity contribution is -0.150. The average Bonchev–Trinajstić information content (AvgIpc) is 3.87. The van der Waals surface area contributed by atoms with Crippen LogP contribution in [-0.2, 0) is 29.3 Å². The number of benzene rings is 5. The minimum Gasteiger partial charge on any atom is -0.497 e. The van der Waals surface area contributed by atoms with Gasteiger partial charge in [0.2, 0.25) is 5.91 Å². The standard InChI is InChI=1S/C53H58N2O8/c1-37(56)21-30-51(58)63-44-34-41(31-32-53(38-14-6-4-7-15-38,39-22-26-42(60-2)27-23-39)40-24-28-43(61-3)29-25-40)55(35-44)50(57)20-8-5-13-33-54-52(59)62-36-49-47-18-11-9-16-45(47)46-17-10-12-19-48(46)49/h4,6-7,9-12,14-19,22-29,41,44,49H,5,8,13,20-21,30-36H2,1-3H3,(H,54,59)/t41-,44-/m1/s1. The number of nitrogens with one attached hydrogen (secondary N) is 1. The summed E-state index contributed by atoms with van der Waals surface area (Å²) in [4.78, 5) is 53.3. The summed E-state index contributed by atoms with van der Waals surface area (Å²) >= 11 is 0. The molecule has 328 valence electrons. The van der Waals surface area contributed by atoms with Crippen molar-refractivity contribution in [3.8, 4) is 22.6 Å². The minimum absolute atomic E-state index is 0.00554. The van der Waals surface area contributed by atoms with Gasteiger partial charge in [-0.25, -0.2) is 4.79 Å². The quantitative estimate of drug-likeness (QED) is 0.0467. The molecule has 0 saturated carbocycles. The first kappa shape index (κ1) is 44.6. The van der Waals surface area contributed by atoms with Crippen molar-refractivity contribution in [3.05, 3.63) is 155 Å². The van der Waals surface area contributed by atoms with Crippen LogP contribution in [0.5, 0.6) is 11.5 Å². The topological polar surface area (TPSA) is 120 Å². The number of likely N-dealkylation sites (tertiary alicyclic amines) is 1. The van der Waals surface area contributed by atoms with Gasteiger partial charge >= 0.3 is 12.1 Å². The SMILES string of the molecule is COc1ccc(C(CC[C@@H]2C[C@@H](OC(=O)CCC(C)=O)CN2C(=O)CCCCCNC(=O)OCC2c3ccccc3-c3ccccc32)(c2ccccc2)c2ccc(OC)cc2)cc1. The summed E-state index contributed by atoms with van der Waals surface area (Å²) in [6.45, 7) is 2.45. The summed E-state index contributed by atoms with van der Waals surface area (Å²) in [5, 5.41) is 2.89. The van der Waals surface area contributed by atoms with Crippen LogP contribution in [0.1, 0.15) is 98.4 Å². The maximum Gasteiger partial charge on any atom is 0.407 e. The van der Waals surface area contributed by atoms with E-state index in [2.05, 4.69) is 66.0 Å². The van der Waals surface area contributed by atoms with Gasteiger partial charge in [-0.3, -0.25) is 9.59 Å². The fraction of sp³-hybridized carbons (Fsp3) is 0.358. The van der Waals surface area contributed by atoms with E-state index < -0.39 is 23.6 Å². The summed E-state index contributed by atoms with van der Waals surface area (Å²) in [6, 6.07) is 43.0. The van der Waals surface area contributed by atoms with Gasteiger partial charge in [-0.1, -0.05) is 110 Å². The van der Waals surface area contributed by atoms with Crippen molar-refractivity contribution in [1.29, 1.82) is 0 Å². The molecule has 5 aromatic carbocycles. The molecule has 0 spiro atoms. The molecule has 5 aromatic rings. The zero-order valence-electron chi connectivity index (χ0n) is 36.6. The lowest BCUT2D eigenvalue weighted by atomic mass is 9.66. The second kappa shape index (κ2) is 21.1. The summed E-state index contributed by atoms with van der Waals surface area (Å²) in [5.74, 6) is 1.01. The highest BCUT2D eigenvalue weighted by Crippen LogP contribution is 2.46. The predicted octanol–water partition coefficient (Wildman–Crippen LogP) is 9.80. The lowest BCUT2D eigenvalue weighted by Gasteiger charge is -2.38. The van der Waals surface area contributed by atoms with Gasteiger partial charge in [0.15, 0.2) is 0 Å². The van der Waals surface area contributed by atoms with Crippen molar-refractivity contribution >= 4 is 23.8 Å². The lowest BCUT2D eigenvalue weighted by Crippen LogP contribution is -2.38. The number of rotatable bonds is 20. The number of hydrogen-bond donors (Lipinski definition) is 1. The van der Waals surface area contributed by atoms with Crippen LogP contribution in [0, 0.1) is 0 Å². The number of hydrogen-bond acceptors (Lipinski definition) is 8. The van der Waals surface area contributed by atoms with Crippen LogP contribution in [0.25, 0.3) is 11.1 Å². The normalized spacial score (nSPS) is 15.6. The second-order valence-corrected chi connectivity index (χ2v) is 16.6. The summed E-state index contributed by atoms with van der Waals surface area (Å²) in [7, 11) is 3.31. The number of unbranched alkanes of at least 4 members (excludes halogenated alkanes) is 2. The van der Waals surface area contributed by atoms with E-state index in [1.165, 1.54) is 29.2 Å². The van der Waals surface area contributed by atoms with Crippen molar-refractivity contribution in [1.82, 2.24) is 10.2 Å². The maximum atomic E-state index is 14.1. The first-order valence-corrected chi connectivity index (χ1v) is 22.1. The number of carbonyl (C=O) groups is 4. The fourth-order valence-corrected chi connectivity index (χ4v) is 9.41. The van der Waals surface area contributed by atoms with Crippen LogP contribution in [0.15, 0.2) is 127 Å². The van der Waals surface area contributed by atoms with E-state index in [0.29, 0.717) is 51.6 Å². The molecule has 1 fully saturated rings. The highest BCUT2D eigenvalue weighted by atomic mass is 16.6. The van der Waals surface area contributed by atoms with Gasteiger partial charge < -0.3 is 34.0 Å². The van der Waals surface area contributed by atoms with Crippen LogP contribution in [0.3, 0.4) is 0 Å². The van der Waals surface area contributed by atoms with E-state index in [0.717, 1.165) is 34.6 Å². The minimum atomic E-state index is -0.606. The molecular formula is C53H58N2O8. The van der Waals surface area contributed by atoms with Crippen molar-refractivity contribution in [2.24, 2.45) is 0 Å². The monoisotopic (exact) mass is 850 g/mol. The number of carbonyl (C=O) groups excluding carboxylic acids is 4. The molecule has 0 unspecified atom stereocenters. The maximum absolute atomic E-state index is 14.1. The number of fused-ring (bicyclic) bond motifs is 3.